The van der Waals surface area contributed by atoms with Crippen LogP contribution in [-0.4, -0.2) is 16.1 Å². The first-order chi connectivity index (χ1) is 9.81. The van der Waals surface area contributed by atoms with Crippen molar-refractivity contribution < 1.29 is 10.0 Å². The minimum Gasteiger partial charge on any atom is -0.289 e. The first kappa shape index (κ1) is 14.5. The third kappa shape index (κ3) is 4.03. The third-order valence-corrected chi connectivity index (χ3v) is 3.45. The van der Waals surface area contributed by atoms with Crippen molar-refractivity contribution >= 4 is 16.7 Å². The predicted molar refractivity (Wildman–Crippen MR) is 78.5 cm³/mol. The summed E-state index contributed by atoms with van der Waals surface area (Å²) >= 11 is 0. The molecule has 2 rings (SSSR count). The van der Waals surface area contributed by atoms with Gasteiger partial charge in [0.25, 0.3) is 0 Å². The molecular weight excluding hydrogens is 252 g/mol. The quantitative estimate of drug-likeness (QED) is 0.462. The van der Waals surface area contributed by atoms with Crippen molar-refractivity contribution in [2.24, 2.45) is 0 Å². The van der Waals surface area contributed by atoms with Crippen molar-refractivity contribution in [1.29, 1.82) is 0 Å². The fourth-order valence-electron chi connectivity index (χ4n) is 2.37. The lowest BCUT2D eigenvalue weighted by Crippen LogP contribution is -2.17. The van der Waals surface area contributed by atoms with Crippen LogP contribution in [0.25, 0.3) is 10.8 Å². The van der Waals surface area contributed by atoms with E-state index in [9.17, 15) is 4.79 Å². The molecule has 0 radical (unpaired) electrons. The van der Waals surface area contributed by atoms with E-state index in [1.165, 1.54) is 10.8 Å². The number of hydrogen-bond acceptors (Lipinski definition) is 3. The largest absolute Gasteiger partial charge is 0.289 e. The standard InChI is InChI=1S/C16H20N2O2/c19-16(18-20)10-4-2-1-3-9-15-14-8-6-5-7-13(14)11-12-17-15/h5-8,11-12,20H,1-4,9-10H2,(H,18,19). The summed E-state index contributed by atoms with van der Waals surface area (Å²) in [5.41, 5.74) is 2.80. The molecule has 0 fully saturated rings. The first-order valence-electron chi connectivity index (χ1n) is 7.07. The lowest BCUT2D eigenvalue weighted by molar-refractivity contribution is -0.129. The van der Waals surface area contributed by atoms with Crippen LogP contribution in [0.4, 0.5) is 0 Å². The second-order valence-corrected chi connectivity index (χ2v) is 4.93. The summed E-state index contributed by atoms with van der Waals surface area (Å²) in [4.78, 5) is 15.3. The Kier molecular flexibility index (Phi) is 5.50. The van der Waals surface area contributed by atoms with Gasteiger partial charge in [-0.2, -0.15) is 0 Å². The van der Waals surface area contributed by atoms with Crippen molar-refractivity contribution in [1.82, 2.24) is 10.5 Å². The number of carbonyl (C=O) groups excluding carboxylic acids is 1. The Labute approximate surface area is 118 Å². The normalized spacial score (nSPS) is 10.7. The Bertz CT molecular complexity index is 564. The van der Waals surface area contributed by atoms with Crippen LogP contribution < -0.4 is 5.48 Å². The van der Waals surface area contributed by atoms with E-state index in [0.717, 1.165) is 37.8 Å². The molecule has 106 valence electrons. The summed E-state index contributed by atoms with van der Waals surface area (Å²) in [5, 5.41) is 10.8. The Morgan fingerprint density at radius 2 is 1.90 bits per heavy atom. The zero-order chi connectivity index (χ0) is 14.2. The van der Waals surface area contributed by atoms with Gasteiger partial charge >= 0.3 is 0 Å². The van der Waals surface area contributed by atoms with E-state index in [2.05, 4.69) is 17.1 Å². The number of nitrogens with zero attached hydrogens (tertiary/aromatic N) is 1. The Morgan fingerprint density at radius 3 is 2.75 bits per heavy atom. The molecule has 1 heterocycles. The molecule has 0 aliphatic carbocycles. The van der Waals surface area contributed by atoms with Gasteiger partial charge in [-0.1, -0.05) is 37.1 Å². The minimum atomic E-state index is -0.305. The van der Waals surface area contributed by atoms with Gasteiger partial charge in [0.1, 0.15) is 0 Å². The van der Waals surface area contributed by atoms with E-state index in [1.54, 1.807) is 5.48 Å². The summed E-state index contributed by atoms with van der Waals surface area (Å²) in [6.07, 6.45) is 7.18. The summed E-state index contributed by atoms with van der Waals surface area (Å²) in [6.45, 7) is 0. The number of fused-ring (bicyclic) bond motifs is 1. The fraction of sp³-hybridized carbons (Fsp3) is 0.375. The van der Waals surface area contributed by atoms with Crippen molar-refractivity contribution in [3.8, 4) is 0 Å². The van der Waals surface area contributed by atoms with E-state index in [-0.39, 0.29) is 5.91 Å². The number of nitrogens with one attached hydrogen (secondary N) is 1. The zero-order valence-electron chi connectivity index (χ0n) is 11.5. The molecule has 1 aromatic carbocycles. The van der Waals surface area contributed by atoms with Gasteiger partial charge < -0.3 is 0 Å². The van der Waals surface area contributed by atoms with Gasteiger partial charge in [-0.3, -0.25) is 15.0 Å². The third-order valence-electron chi connectivity index (χ3n) is 3.45. The predicted octanol–water partition coefficient (Wildman–Crippen LogP) is 3.23. The average molecular weight is 272 g/mol. The van der Waals surface area contributed by atoms with Gasteiger partial charge in [0, 0.05) is 23.7 Å². The van der Waals surface area contributed by atoms with Crippen LogP contribution in [0.3, 0.4) is 0 Å². The lowest BCUT2D eigenvalue weighted by Gasteiger charge is -2.05. The number of aryl methyl sites for hydroxylation is 1. The van der Waals surface area contributed by atoms with Crippen LogP contribution in [0.1, 0.15) is 37.8 Å². The highest BCUT2D eigenvalue weighted by Crippen LogP contribution is 2.18. The molecule has 1 aromatic heterocycles. The van der Waals surface area contributed by atoms with E-state index in [4.69, 9.17) is 5.21 Å². The monoisotopic (exact) mass is 272 g/mol. The van der Waals surface area contributed by atoms with E-state index in [1.807, 2.05) is 24.4 Å². The van der Waals surface area contributed by atoms with Crippen molar-refractivity contribution in [2.45, 2.75) is 38.5 Å². The number of hydroxylamine groups is 1. The second-order valence-electron chi connectivity index (χ2n) is 4.93. The fourth-order valence-corrected chi connectivity index (χ4v) is 2.37. The van der Waals surface area contributed by atoms with Crippen LogP contribution in [0.5, 0.6) is 0 Å². The molecule has 0 saturated heterocycles. The van der Waals surface area contributed by atoms with Gasteiger partial charge in [-0.05, 0) is 30.7 Å². The molecular formula is C16H20N2O2. The molecule has 1 amide bonds. The maximum Gasteiger partial charge on any atom is 0.243 e. The molecule has 4 nitrogen and oxygen atoms in total. The molecule has 0 unspecified atom stereocenters. The molecule has 0 aliphatic rings. The number of unbranched alkanes of at least 4 members (excludes halogenated alkanes) is 3. The minimum absolute atomic E-state index is 0.305. The highest BCUT2D eigenvalue weighted by Gasteiger charge is 2.02. The first-order valence-corrected chi connectivity index (χ1v) is 7.07. The Balaban J connectivity index is 1.77. The maximum absolute atomic E-state index is 10.8. The molecule has 2 N–H and O–H groups in total. The summed E-state index contributed by atoms with van der Waals surface area (Å²) < 4.78 is 0. The summed E-state index contributed by atoms with van der Waals surface area (Å²) in [5.74, 6) is -0.305. The smallest absolute Gasteiger partial charge is 0.243 e. The Morgan fingerprint density at radius 1 is 1.10 bits per heavy atom. The summed E-state index contributed by atoms with van der Waals surface area (Å²) in [7, 11) is 0. The SMILES string of the molecule is O=C(CCCCCCc1nccc2ccccc12)NO. The van der Waals surface area contributed by atoms with Crippen molar-refractivity contribution in [3.05, 3.63) is 42.2 Å². The Hall–Kier alpha value is -1.94. The van der Waals surface area contributed by atoms with Gasteiger partial charge in [0.2, 0.25) is 5.91 Å². The number of aromatic nitrogens is 1. The van der Waals surface area contributed by atoms with E-state index >= 15 is 0 Å². The van der Waals surface area contributed by atoms with Gasteiger partial charge in [0.15, 0.2) is 0 Å². The second kappa shape index (κ2) is 7.60. The topological polar surface area (TPSA) is 62.2 Å². The van der Waals surface area contributed by atoms with E-state index in [0.29, 0.717) is 6.42 Å². The molecule has 0 atom stereocenters. The number of amides is 1. The number of carbonyl (C=O) groups is 1. The molecule has 4 heteroatoms. The molecule has 2 aromatic rings. The van der Waals surface area contributed by atoms with Crippen LogP contribution in [0.15, 0.2) is 36.5 Å². The van der Waals surface area contributed by atoms with Gasteiger partial charge in [0.05, 0.1) is 0 Å². The molecule has 0 aliphatic heterocycles. The number of rotatable bonds is 7. The maximum atomic E-state index is 10.8. The van der Waals surface area contributed by atoms with Crippen LogP contribution >= 0.6 is 0 Å². The molecule has 20 heavy (non-hydrogen) atoms. The van der Waals surface area contributed by atoms with Crippen LogP contribution in [0.2, 0.25) is 0 Å². The van der Waals surface area contributed by atoms with Gasteiger partial charge in [-0.25, -0.2) is 5.48 Å². The molecule has 0 bridgehead atoms. The van der Waals surface area contributed by atoms with E-state index < -0.39 is 0 Å². The van der Waals surface area contributed by atoms with Crippen LogP contribution in [0, 0.1) is 0 Å². The molecule has 0 saturated carbocycles. The lowest BCUT2D eigenvalue weighted by atomic mass is 10.0. The van der Waals surface area contributed by atoms with Crippen molar-refractivity contribution in [3.63, 3.8) is 0 Å². The molecule has 0 spiro atoms. The average Bonchev–Trinajstić information content (AvgIpc) is 2.50. The highest BCUT2D eigenvalue weighted by atomic mass is 16.5. The number of pyridine rings is 1. The van der Waals surface area contributed by atoms with Crippen LogP contribution in [-0.2, 0) is 11.2 Å². The zero-order valence-corrected chi connectivity index (χ0v) is 11.5. The summed E-state index contributed by atoms with van der Waals surface area (Å²) in [6, 6.07) is 10.3. The van der Waals surface area contributed by atoms with Crippen molar-refractivity contribution in [2.75, 3.05) is 0 Å². The number of hydrogen-bond donors (Lipinski definition) is 2. The highest BCUT2D eigenvalue weighted by molar-refractivity contribution is 5.84. The van der Waals surface area contributed by atoms with Gasteiger partial charge in [-0.15, -0.1) is 0 Å². The number of benzene rings is 1.